The van der Waals surface area contributed by atoms with Crippen molar-refractivity contribution in [3.8, 4) is 0 Å². The zero-order chi connectivity index (χ0) is 11.7. The number of hydrogen-bond acceptors (Lipinski definition) is 1. The molecule has 2 heteroatoms. The second-order valence-corrected chi connectivity index (χ2v) is 5.25. The van der Waals surface area contributed by atoms with Gasteiger partial charge in [-0.25, -0.2) is 0 Å². The molecule has 2 nitrogen and oxygen atoms in total. The molecule has 0 N–H and O–H groups in total. The number of amides is 1. The lowest BCUT2D eigenvalue weighted by Crippen LogP contribution is -2.40. The summed E-state index contributed by atoms with van der Waals surface area (Å²) < 4.78 is 0. The highest BCUT2D eigenvalue weighted by molar-refractivity contribution is 5.94. The van der Waals surface area contributed by atoms with Crippen molar-refractivity contribution >= 4 is 5.91 Å². The minimum absolute atomic E-state index is 0.250. The van der Waals surface area contributed by atoms with Crippen LogP contribution in [0.5, 0.6) is 0 Å². The Morgan fingerprint density at radius 2 is 1.53 bits per heavy atom. The Bertz CT molecular complexity index is 391. The molecule has 1 aromatic rings. The molecule has 0 bridgehead atoms. The molecule has 90 valence electrons. The van der Waals surface area contributed by atoms with Crippen LogP contribution in [0.1, 0.15) is 48.9 Å². The first kappa shape index (κ1) is 10.8. The monoisotopic (exact) mass is 229 g/mol. The summed E-state index contributed by atoms with van der Waals surface area (Å²) in [5.41, 5.74) is 0.853. The van der Waals surface area contributed by atoms with Crippen molar-refractivity contribution in [3.63, 3.8) is 0 Å². The minimum atomic E-state index is 0.250. The van der Waals surface area contributed by atoms with Gasteiger partial charge in [0, 0.05) is 17.6 Å². The fourth-order valence-electron chi connectivity index (χ4n) is 2.89. The van der Waals surface area contributed by atoms with Crippen LogP contribution in [0.15, 0.2) is 30.3 Å². The van der Waals surface area contributed by atoms with Gasteiger partial charge in [-0.3, -0.25) is 4.79 Å². The first-order chi connectivity index (χ1) is 8.36. The van der Waals surface area contributed by atoms with Gasteiger partial charge in [-0.15, -0.1) is 0 Å². The summed E-state index contributed by atoms with van der Waals surface area (Å²) in [5, 5.41) is 0. The fourth-order valence-corrected chi connectivity index (χ4v) is 2.89. The van der Waals surface area contributed by atoms with E-state index >= 15 is 0 Å². The lowest BCUT2D eigenvalue weighted by molar-refractivity contribution is 0.0664. The van der Waals surface area contributed by atoms with Crippen molar-refractivity contribution in [2.75, 3.05) is 0 Å². The molecule has 1 amide bonds. The number of hydrogen-bond donors (Lipinski definition) is 0. The average molecular weight is 229 g/mol. The normalized spacial score (nSPS) is 20.5. The van der Waals surface area contributed by atoms with Gasteiger partial charge in [0.1, 0.15) is 0 Å². The second kappa shape index (κ2) is 4.52. The minimum Gasteiger partial charge on any atom is -0.333 e. The van der Waals surface area contributed by atoms with E-state index in [4.69, 9.17) is 0 Å². The summed E-state index contributed by atoms with van der Waals surface area (Å²) >= 11 is 0. The molecule has 0 spiro atoms. The molecule has 2 aliphatic rings. The maximum Gasteiger partial charge on any atom is 0.254 e. The first-order valence-corrected chi connectivity index (χ1v) is 6.74. The third-order valence-corrected chi connectivity index (χ3v) is 3.91. The van der Waals surface area contributed by atoms with E-state index in [-0.39, 0.29) is 5.91 Å². The Morgan fingerprint density at radius 1 is 0.941 bits per heavy atom. The summed E-state index contributed by atoms with van der Waals surface area (Å²) in [7, 11) is 0. The highest BCUT2D eigenvalue weighted by Gasteiger charge is 2.38. The van der Waals surface area contributed by atoms with Gasteiger partial charge in [-0.05, 0) is 37.8 Å². The third kappa shape index (κ3) is 2.21. The standard InChI is InChI=1S/C15H19NO/c17-15(12-6-2-1-3-7-12)16(14-10-11-14)13-8-4-5-9-13/h1-3,6-7,13-14H,4-5,8-11H2. The molecular formula is C15H19NO. The zero-order valence-electron chi connectivity index (χ0n) is 10.1. The molecule has 0 aliphatic heterocycles. The van der Waals surface area contributed by atoms with Crippen LogP contribution >= 0.6 is 0 Å². The van der Waals surface area contributed by atoms with Gasteiger partial charge in [0.15, 0.2) is 0 Å². The number of carbonyl (C=O) groups excluding carboxylic acids is 1. The molecule has 2 aliphatic carbocycles. The van der Waals surface area contributed by atoms with E-state index in [9.17, 15) is 4.79 Å². The SMILES string of the molecule is O=C(c1ccccc1)N(C1CCCC1)C1CC1. The van der Waals surface area contributed by atoms with Gasteiger partial charge in [0.25, 0.3) is 5.91 Å². The van der Waals surface area contributed by atoms with Crippen LogP contribution in [0.25, 0.3) is 0 Å². The average Bonchev–Trinajstić information content (AvgIpc) is 3.05. The highest BCUT2D eigenvalue weighted by Crippen LogP contribution is 2.35. The van der Waals surface area contributed by atoms with Gasteiger partial charge >= 0.3 is 0 Å². The first-order valence-electron chi connectivity index (χ1n) is 6.74. The van der Waals surface area contributed by atoms with Crippen LogP contribution in [-0.4, -0.2) is 22.9 Å². The fraction of sp³-hybridized carbons (Fsp3) is 0.533. The van der Waals surface area contributed by atoms with Crippen LogP contribution in [0, 0.1) is 0 Å². The van der Waals surface area contributed by atoms with E-state index in [0.29, 0.717) is 12.1 Å². The zero-order valence-corrected chi connectivity index (χ0v) is 10.1. The summed E-state index contributed by atoms with van der Waals surface area (Å²) in [6.45, 7) is 0. The van der Waals surface area contributed by atoms with Crippen molar-refractivity contribution in [1.82, 2.24) is 4.90 Å². The van der Waals surface area contributed by atoms with E-state index in [1.165, 1.54) is 38.5 Å². The molecule has 2 fully saturated rings. The van der Waals surface area contributed by atoms with Crippen LogP contribution in [0.2, 0.25) is 0 Å². The smallest absolute Gasteiger partial charge is 0.254 e. The molecule has 0 saturated heterocycles. The van der Waals surface area contributed by atoms with E-state index < -0.39 is 0 Å². The maximum atomic E-state index is 12.5. The lowest BCUT2D eigenvalue weighted by Gasteiger charge is -2.29. The van der Waals surface area contributed by atoms with Gasteiger partial charge < -0.3 is 4.90 Å². The molecule has 0 unspecified atom stereocenters. The van der Waals surface area contributed by atoms with E-state index in [1.54, 1.807) is 0 Å². The van der Waals surface area contributed by atoms with Gasteiger partial charge in [0.05, 0.1) is 0 Å². The number of nitrogens with zero attached hydrogens (tertiary/aromatic N) is 1. The van der Waals surface area contributed by atoms with Gasteiger partial charge in [0.2, 0.25) is 0 Å². The maximum absolute atomic E-state index is 12.5. The Hall–Kier alpha value is -1.31. The number of benzene rings is 1. The molecule has 3 rings (SSSR count). The van der Waals surface area contributed by atoms with Crippen molar-refractivity contribution in [2.45, 2.75) is 50.6 Å². The summed E-state index contributed by atoms with van der Waals surface area (Å²) in [4.78, 5) is 14.7. The van der Waals surface area contributed by atoms with Crippen LogP contribution < -0.4 is 0 Å². The predicted octanol–water partition coefficient (Wildman–Crippen LogP) is 3.23. The highest BCUT2D eigenvalue weighted by atomic mass is 16.2. The van der Waals surface area contributed by atoms with Gasteiger partial charge in [-0.1, -0.05) is 31.0 Å². The summed E-state index contributed by atoms with van der Waals surface area (Å²) in [5.74, 6) is 0.250. The molecule has 17 heavy (non-hydrogen) atoms. The number of carbonyl (C=O) groups is 1. The number of rotatable bonds is 3. The molecule has 0 heterocycles. The van der Waals surface area contributed by atoms with Gasteiger partial charge in [-0.2, -0.15) is 0 Å². The molecule has 0 aromatic heterocycles. The van der Waals surface area contributed by atoms with Crippen LogP contribution in [-0.2, 0) is 0 Å². The lowest BCUT2D eigenvalue weighted by atomic mass is 10.1. The van der Waals surface area contributed by atoms with E-state index in [2.05, 4.69) is 4.90 Å². The predicted molar refractivity (Wildman–Crippen MR) is 67.9 cm³/mol. The summed E-state index contributed by atoms with van der Waals surface area (Å²) in [6.07, 6.45) is 7.39. The third-order valence-electron chi connectivity index (χ3n) is 3.91. The summed E-state index contributed by atoms with van der Waals surface area (Å²) in [6, 6.07) is 10.8. The van der Waals surface area contributed by atoms with Crippen molar-refractivity contribution in [1.29, 1.82) is 0 Å². The van der Waals surface area contributed by atoms with Crippen molar-refractivity contribution < 1.29 is 4.79 Å². The van der Waals surface area contributed by atoms with Crippen LogP contribution in [0.4, 0.5) is 0 Å². The second-order valence-electron chi connectivity index (χ2n) is 5.25. The van der Waals surface area contributed by atoms with Crippen molar-refractivity contribution in [3.05, 3.63) is 35.9 Å². The Kier molecular flexibility index (Phi) is 2.87. The van der Waals surface area contributed by atoms with Crippen molar-refractivity contribution in [2.24, 2.45) is 0 Å². The quantitative estimate of drug-likeness (QED) is 0.779. The molecule has 0 atom stereocenters. The largest absolute Gasteiger partial charge is 0.333 e. The van der Waals surface area contributed by atoms with E-state index in [1.807, 2.05) is 30.3 Å². The molecule has 0 radical (unpaired) electrons. The Balaban J connectivity index is 1.81. The molecule has 1 aromatic carbocycles. The Labute approximate surface area is 103 Å². The van der Waals surface area contributed by atoms with Crippen LogP contribution in [0.3, 0.4) is 0 Å². The molecule has 2 saturated carbocycles. The topological polar surface area (TPSA) is 20.3 Å². The van der Waals surface area contributed by atoms with E-state index in [0.717, 1.165) is 5.56 Å². The Morgan fingerprint density at radius 3 is 2.12 bits per heavy atom. The molecular weight excluding hydrogens is 210 g/mol.